The van der Waals surface area contributed by atoms with Gasteiger partial charge in [0.05, 0.1) is 6.54 Å². The van der Waals surface area contributed by atoms with E-state index in [0.717, 1.165) is 37.8 Å². The lowest BCUT2D eigenvalue weighted by Gasteiger charge is -2.19. The summed E-state index contributed by atoms with van der Waals surface area (Å²) < 4.78 is 5.84. The molecule has 18 heavy (non-hydrogen) atoms. The van der Waals surface area contributed by atoms with Gasteiger partial charge in [-0.3, -0.25) is 4.99 Å². The van der Waals surface area contributed by atoms with Crippen molar-refractivity contribution in [3.05, 3.63) is 29.8 Å². The Hall–Kier alpha value is -1.71. The highest BCUT2D eigenvalue weighted by Gasteiger charge is 2.07. The van der Waals surface area contributed by atoms with Crippen molar-refractivity contribution in [2.24, 2.45) is 4.99 Å². The van der Waals surface area contributed by atoms with Crippen LogP contribution in [0.1, 0.15) is 18.9 Å². The van der Waals surface area contributed by atoms with Gasteiger partial charge in [-0.25, -0.2) is 0 Å². The minimum atomic E-state index is 0.109. The number of nitrogens with one attached hydrogen (secondary N) is 2. The maximum Gasteiger partial charge on any atom is 0.191 e. The summed E-state index contributed by atoms with van der Waals surface area (Å²) in [7, 11) is 0. The second-order valence-corrected chi connectivity index (χ2v) is 4.64. The second-order valence-electron chi connectivity index (χ2n) is 4.64. The van der Waals surface area contributed by atoms with Crippen molar-refractivity contribution in [2.75, 3.05) is 19.6 Å². The van der Waals surface area contributed by atoms with Crippen molar-refractivity contribution in [3.63, 3.8) is 0 Å². The average Bonchev–Trinajstić information content (AvgIpc) is 2.38. The van der Waals surface area contributed by atoms with Crippen molar-refractivity contribution in [1.29, 1.82) is 0 Å². The number of nitrogens with zero attached hydrogens (tertiary/aromatic N) is 1. The smallest absolute Gasteiger partial charge is 0.191 e. The van der Waals surface area contributed by atoms with Crippen LogP contribution in [0.5, 0.6) is 5.75 Å². The molecule has 0 bridgehead atoms. The highest BCUT2D eigenvalue weighted by Crippen LogP contribution is 2.13. The molecule has 1 aromatic rings. The molecular weight excluding hydrogens is 226 g/mol. The zero-order chi connectivity index (χ0) is 12.8. The monoisotopic (exact) mass is 247 g/mol. The third kappa shape index (κ3) is 3.95. The number of guanidine groups is 1. The summed E-state index contributed by atoms with van der Waals surface area (Å²) in [6, 6.07) is 8.11. The van der Waals surface area contributed by atoms with Crippen LogP contribution in [0.2, 0.25) is 0 Å². The summed E-state index contributed by atoms with van der Waals surface area (Å²) in [6.07, 6.45) is 1.22. The Kier molecular flexibility index (Phi) is 4.45. The van der Waals surface area contributed by atoms with Gasteiger partial charge in [0.2, 0.25) is 0 Å². The van der Waals surface area contributed by atoms with E-state index in [1.165, 1.54) is 5.56 Å². The predicted molar refractivity (Wildman–Crippen MR) is 74.2 cm³/mol. The average molecular weight is 247 g/mol. The number of hydrogen-bond acceptors (Lipinski definition) is 4. The molecule has 0 radical (unpaired) electrons. The van der Waals surface area contributed by atoms with E-state index in [1.807, 2.05) is 18.2 Å². The van der Waals surface area contributed by atoms with E-state index >= 15 is 0 Å². The lowest BCUT2D eigenvalue weighted by atomic mass is 10.2. The van der Waals surface area contributed by atoms with Crippen LogP contribution in [0, 0.1) is 6.92 Å². The van der Waals surface area contributed by atoms with E-state index < -0.39 is 0 Å². The van der Waals surface area contributed by atoms with Crippen LogP contribution < -0.4 is 15.4 Å². The molecule has 1 aliphatic heterocycles. The van der Waals surface area contributed by atoms with Crippen molar-refractivity contribution >= 4 is 5.96 Å². The van der Waals surface area contributed by atoms with E-state index in [-0.39, 0.29) is 6.10 Å². The molecule has 2 rings (SSSR count). The Morgan fingerprint density at radius 2 is 2.39 bits per heavy atom. The normalized spacial score (nSPS) is 16.4. The lowest BCUT2D eigenvalue weighted by Crippen LogP contribution is -2.44. The first-order valence-corrected chi connectivity index (χ1v) is 6.49. The predicted octanol–water partition coefficient (Wildman–Crippen LogP) is 1.70. The molecule has 0 amide bonds. The first-order valence-electron chi connectivity index (χ1n) is 6.49. The summed E-state index contributed by atoms with van der Waals surface area (Å²) in [5.41, 5.74) is 1.21. The van der Waals surface area contributed by atoms with Gasteiger partial charge in [-0.2, -0.15) is 0 Å². The van der Waals surface area contributed by atoms with Gasteiger partial charge in [0.25, 0.3) is 0 Å². The van der Waals surface area contributed by atoms with Crippen molar-refractivity contribution < 1.29 is 4.74 Å². The van der Waals surface area contributed by atoms with Crippen LogP contribution in [0.4, 0.5) is 0 Å². The zero-order valence-electron chi connectivity index (χ0n) is 11.1. The third-order valence-electron chi connectivity index (χ3n) is 2.78. The Bertz CT molecular complexity index is 417. The number of aryl methyl sites for hydroxylation is 1. The maximum absolute atomic E-state index is 5.84. The summed E-state index contributed by atoms with van der Waals surface area (Å²) >= 11 is 0. The van der Waals surface area contributed by atoms with E-state index in [0.29, 0.717) is 0 Å². The quantitative estimate of drug-likeness (QED) is 0.851. The van der Waals surface area contributed by atoms with E-state index in [1.54, 1.807) is 0 Å². The zero-order valence-corrected chi connectivity index (χ0v) is 11.1. The molecule has 4 nitrogen and oxygen atoms in total. The molecule has 0 spiro atoms. The Balaban J connectivity index is 1.78. The van der Waals surface area contributed by atoms with Gasteiger partial charge in [-0.15, -0.1) is 0 Å². The molecule has 0 fully saturated rings. The van der Waals surface area contributed by atoms with Gasteiger partial charge in [-0.1, -0.05) is 12.1 Å². The van der Waals surface area contributed by atoms with Gasteiger partial charge in [0.15, 0.2) is 5.96 Å². The van der Waals surface area contributed by atoms with Gasteiger partial charge >= 0.3 is 0 Å². The molecular formula is C14H21N3O. The summed E-state index contributed by atoms with van der Waals surface area (Å²) in [5, 5.41) is 6.50. The van der Waals surface area contributed by atoms with Crippen LogP contribution >= 0.6 is 0 Å². The minimum Gasteiger partial charge on any atom is -0.489 e. The van der Waals surface area contributed by atoms with Crippen LogP contribution in [0.25, 0.3) is 0 Å². The highest BCUT2D eigenvalue weighted by molar-refractivity contribution is 5.80. The minimum absolute atomic E-state index is 0.109. The first-order chi connectivity index (χ1) is 8.74. The van der Waals surface area contributed by atoms with Crippen molar-refractivity contribution in [1.82, 2.24) is 10.6 Å². The summed E-state index contributed by atoms with van der Waals surface area (Å²) in [5.74, 6) is 1.81. The maximum atomic E-state index is 5.84. The molecule has 4 heteroatoms. The Labute approximate surface area is 108 Å². The molecule has 0 aliphatic carbocycles. The fraction of sp³-hybridized carbons (Fsp3) is 0.500. The molecule has 1 unspecified atom stereocenters. The van der Waals surface area contributed by atoms with Gasteiger partial charge in [0.1, 0.15) is 11.9 Å². The van der Waals surface area contributed by atoms with Crippen molar-refractivity contribution in [3.8, 4) is 5.75 Å². The Morgan fingerprint density at radius 3 is 3.11 bits per heavy atom. The highest BCUT2D eigenvalue weighted by atomic mass is 16.5. The SMILES string of the molecule is Cc1cccc(OC(C)CNC2=NCCCN2)c1. The summed E-state index contributed by atoms with van der Waals surface area (Å²) in [6.45, 7) is 6.77. The van der Waals surface area contributed by atoms with Gasteiger partial charge in [-0.05, 0) is 38.0 Å². The molecule has 2 N–H and O–H groups in total. The molecule has 1 heterocycles. The van der Waals surface area contributed by atoms with Crippen LogP contribution in [-0.2, 0) is 0 Å². The van der Waals surface area contributed by atoms with E-state index in [2.05, 4.69) is 35.5 Å². The number of rotatable bonds is 4. The topological polar surface area (TPSA) is 45.6 Å². The van der Waals surface area contributed by atoms with E-state index in [4.69, 9.17) is 4.74 Å². The summed E-state index contributed by atoms with van der Waals surface area (Å²) in [4.78, 5) is 4.36. The molecule has 0 saturated heterocycles. The standard InChI is InChI=1S/C14H21N3O/c1-11-5-3-6-13(9-11)18-12(2)10-17-14-15-7-4-8-16-14/h3,5-6,9,12H,4,7-8,10H2,1-2H3,(H2,15,16,17). The molecule has 1 aromatic carbocycles. The van der Waals surface area contributed by atoms with Crippen LogP contribution in [0.3, 0.4) is 0 Å². The molecule has 98 valence electrons. The van der Waals surface area contributed by atoms with E-state index in [9.17, 15) is 0 Å². The molecule has 1 atom stereocenters. The Morgan fingerprint density at radius 1 is 1.50 bits per heavy atom. The molecule has 1 aliphatic rings. The van der Waals surface area contributed by atoms with Crippen LogP contribution in [0.15, 0.2) is 29.3 Å². The third-order valence-corrected chi connectivity index (χ3v) is 2.78. The first kappa shape index (κ1) is 12.7. The largest absolute Gasteiger partial charge is 0.489 e. The van der Waals surface area contributed by atoms with Crippen molar-refractivity contribution in [2.45, 2.75) is 26.4 Å². The lowest BCUT2D eigenvalue weighted by molar-refractivity contribution is 0.223. The fourth-order valence-electron chi connectivity index (χ4n) is 1.85. The van der Waals surface area contributed by atoms with Gasteiger partial charge in [0, 0.05) is 13.1 Å². The number of hydrogen-bond donors (Lipinski definition) is 2. The number of ether oxygens (including phenoxy) is 1. The second kappa shape index (κ2) is 6.28. The van der Waals surface area contributed by atoms with Gasteiger partial charge < -0.3 is 15.4 Å². The molecule has 0 saturated carbocycles. The number of benzene rings is 1. The number of aliphatic imine (C=N–C) groups is 1. The molecule has 0 aromatic heterocycles. The fourth-order valence-corrected chi connectivity index (χ4v) is 1.85. The van der Waals surface area contributed by atoms with Crippen LogP contribution in [-0.4, -0.2) is 31.7 Å².